The molecule has 1 heterocycles. The Morgan fingerprint density at radius 3 is 2.46 bits per heavy atom. The first-order chi connectivity index (χ1) is 12.5. The van der Waals surface area contributed by atoms with Gasteiger partial charge in [-0.25, -0.2) is 0 Å². The van der Waals surface area contributed by atoms with Gasteiger partial charge in [0.25, 0.3) is 11.8 Å². The van der Waals surface area contributed by atoms with Crippen molar-refractivity contribution in [2.45, 2.75) is 27.3 Å². The summed E-state index contributed by atoms with van der Waals surface area (Å²) in [4.78, 5) is 28.3. The second-order valence-electron chi connectivity index (χ2n) is 6.41. The van der Waals surface area contributed by atoms with Crippen LogP contribution in [0.15, 0.2) is 42.5 Å². The molecule has 2 aromatic carbocycles. The van der Waals surface area contributed by atoms with E-state index in [0.717, 1.165) is 22.6 Å². The summed E-state index contributed by atoms with van der Waals surface area (Å²) in [5.74, 6) is 0.694. The van der Waals surface area contributed by atoms with Gasteiger partial charge in [-0.1, -0.05) is 18.2 Å². The predicted octanol–water partition coefficient (Wildman–Crippen LogP) is 3.40. The molecular weight excluding hydrogens is 328 g/mol. The number of benzene rings is 2. The third kappa shape index (κ3) is 3.57. The Balaban J connectivity index is 1.81. The van der Waals surface area contributed by atoms with Gasteiger partial charge in [-0.15, -0.1) is 0 Å². The molecule has 0 spiro atoms. The summed E-state index contributed by atoms with van der Waals surface area (Å²) in [7, 11) is 0. The van der Waals surface area contributed by atoms with Gasteiger partial charge in [-0.2, -0.15) is 0 Å². The zero-order chi connectivity index (χ0) is 18.7. The highest BCUT2D eigenvalue weighted by Gasteiger charge is 2.25. The van der Waals surface area contributed by atoms with Gasteiger partial charge < -0.3 is 14.5 Å². The summed E-state index contributed by atoms with van der Waals surface area (Å²) in [6.07, 6.45) is 0. The van der Waals surface area contributed by atoms with Crippen LogP contribution in [0.3, 0.4) is 0 Å². The molecule has 0 saturated carbocycles. The lowest BCUT2D eigenvalue weighted by atomic mass is 10.1. The number of anilines is 1. The van der Waals surface area contributed by atoms with Crippen LogP contribution in [0.2, 0.25) is 0 Å². The Kier molecular flexibility index (Phi) is 5.26. The molecule has 3 rings (SSSR count). The van der Waals surface area contributed by atoms with E-state index in [0.29, 0.717) is 25.2 Å². The fraction of sp³-hybridized carbons (Fsp3) is 0.333. The third-order valence-electron chi connectivity index (χ3n) is 4.65. The molecule has 0 saturated heterocycles. The van der Waals surface area contributed by atoms with Crippen molar-refractivity contribution in [1.29, 1.82) is 0 Å². The van der Waals surface area contributed by atoms with Gasteiger partial charge in [0.1, 0.15) is 5.75 Å². The molecule has 0 atom stereocenters. The molecule has 1 aliphatic rings. The lowest BCUT2D eigenvalue weighted by Gasteiger charge is -2.29. The zero-order valence-corrected chi connectivity index (χ0v) is 15.5. The van der Waals surface area contributed by atoms with Gasteiger partial charge in [-0.3, -0.25) is 9.59 Å². The molecular formula is C21H24N2O3. The van der Waals surface area contributed by atoms with Crippen LogP contribution in [0.5, 0.6) is 5.75 Å². The molecule has 0 radical (unpaired) electrons. The summed E-state index contributed by atoms with van der Waals surface area (Å²) in [5, 5.41) is 0. The Morgan fingerprint density at radius 1 is 1.12 bits per heavy atom. The first-order valence-electron chi connectivity index (χ1n) is 8.95. The van der Waals surface area contributed by atoms with Gasteiger partial charge in [0, 0.05) is 18.7 Å². The van der Waals surface area contributed by atoms with Crippen LogP contribution in [0.25, 0.3) is 0 Å². The van der Waals surface area contributed by atoms with E-state index in [1.807, 2.05) is 63.2 Å². The number of fused-ring (bicyclic) bond motifs is 1. The highest BCUT2D eigenvalue weighted by Crippen LogP contribution is 2.33. The molecule has 0 aromatic heterocycles. The minimum absolute atomic E-state index is 0.0324. The summed E-state index contributed by atoms with van der Waals surface area (Å²) in [5.41, 5.74) is 3.52. The van der Waals surface area contributed by atoms with E-state index in [1.165, 1.54) is 0 Å². The summed E-state index contributed by atoms with van der Waals surface area (Å²) < 4.78 is 5.52. The number of nitrogens with zero attached hydrogens (tertiary/aromatic N) is 2. The van der Waals surface area contributed by atoms with Gasteiger partial charge in [0.15, 0.2) is 6.61 Å². The van der Waals surface area contributed by atoms with E-state index < -0.39 is 0 Å². The van der Waals surface area contributed by atoms with E-state index >= 15 is 0 Å². The highest BCUT2D eigenvalue weighted by molar-refractivity contribution is 5.98. The van der Waals surface area contributed by atoms with Crippen LogP contribution < -0.4 is 9.64 Å². The minimum Gasteiger partial charge on any atom is -0.482 e. The number of carbonyl (C=O) groups excluding carboxylic acids is 2. The van der Waals surface area contributed by atoms with Crippen molar-refractivity contribution < 1.29 is 14.3 Å². The largest absolute Gasteiger partial charge is 0.482 e. The van der Waals surface area contributed by atoms with Crippen molar-refractivity contribution in [2.24, 2.45) is 0 Å². The van der Waals surface area contributed by atoms with Gasteiger partial charge >= 0.3 is 0 Å². The van der Waals surface area contributed by atoms with Crippen molar-refractivity contribution in [3.63, 3.8) is 0 Å². The molecule has 2 aromatic rings. The summed E-state index contributed by atoms with van der Waals surface area (Å²) >= 11 is 0. The Hall–Kier alpha value is -2.82. The fourth-order valence-electron chi connectivity index (χ4n) is 3.11. The van der Waals surface area contributed by atoms with Crippen LogP contribution in [0, 0.1) is 6.92 Å². The monoisotopic (exact) mass is 352 g/mol. The van der Waals surface area contributed by atoms with E-state index in [2.05, 4.69) is 0 Å². The molecule has 0 bridgehead atoms. The van der Waals surface area contributed by atoms with Crippen LogP contribution >= 0.6 is 0 Å². The quantitative estimate of drug-likeness (QED) is 0.829. The van der Waals surface area contributed by atoms with Gasteiger partial charge in [0.05, 0.1) is 12.2 Å². The SMILES string of the molecule is CCN(CC)C(=O)c1ccc(CN2C(=O)COc3ccc(C)cc32)cc1. The second kappa shape index (κ2) is 7.60. The minimum atomic E-state index is -0.0635. The molecule has 2 amide bonds. The number of amides is 2. The zero-order valence-electron chi connectivity index (χ0n) is 15.5. The van der Waals surface area contributed by atoms with Crippen LogP contribution in [0.1, 0.15) is 35.3 Å². The maximum Gasteiger partial charge on any atom is 0.265 e. The first-order valence-corrected chi connectivity index (χ1v) is 8.95. The Bertz CT molecular complexity index is 811. The highest BCUT2D eigenvalue weighted by atomic mass is 16.5. The number of aryl methyl sites for hydroxylation is 1. The Labute approximate surface area is 154 Å². The summed E-state index contributed by atoms with van der Waals surface area (Å²) in [6.45, 7) is 7.82. The first kappa shape index (κ1) is 18.0. The predicted molar refractivity (Wildman–Crippen MR) is 102 cm³/mol. The standard InChI is InChI=1S/C21H24N2O3/c1-4-22(5-2)21(25)17-9-7-16(8-10-17)13-23-18-12-15(3)6-11-19(18)26-14-20(23)24/h6-12H,4-5,13-14H2,1-3H3. The maximum atomic E-state index is 12.4. The van der Waals surface area contributed by atoms with Crippen molar-refractivity contribution in [2.75, 3.05) is 24.6 Å². The second-order valence-corrected chi connectivity index (χ2v) is 6.41. The van der Waals surface area contributed by atoms with E-state index in [-0.39, 0.29) is 18.4 Å². The van der Waals surface area contributed by atoms with Crippen LogP contribution in [0.4, 0.5) is 5.69 Å². The average Bonchev–Trinajstić information content (AvgIpc) is 2.65. The van der Waals surface area contributed by atoms with Crippen molar-refractivity contribution in [3.8, 4) is 5.75 Å². The smallest absolute Gasteiger partial charge is 0.265 e. The van der Waals surface area contributed by atoms with Crippen LogP contribution in [-0.2, 0) is 11.3 Å². The molecule has 0 unspecified atom stereocenters. The number of ether oxygens (including phenoxy) is 1. The molecule has 0 N–H and O–H groups in total. The molecule has 26 heavy (non-hydrogen) atoms. The molecule has 1 aliphatic heterocycles. The van der Waals surface area contributed by atoms with Gasteiger partial charge in [-0.05, 0) is 56.2 Å². The Morgan fingerprint density at radius 2 is 1.81 bits per heavy atom. The van der Waals surface area contributed by atoms with E-state index in [9.17, 15) is 9.59 Å². The molecule has 5 nitrogen and oxygen atoms in total. The van der Waals surface area contributed by atoms with E-state index in [4.69, 9.17) is 4.74 Å². The fourth-order valence-corrected chi connectivity index (χ4v) is 3.11. The summed E-state index contributed by atoms with van der Waals surface area (Å²) in [6, 6.07) is 13.3. The normalized spacial score (nSPS) is 13.2. The molecule has 0 aliphatic carbocycles. The average molecular weight is 352 g/mol. The van der Waals surface area contributed by atoms with Crippen molar-refractivity contribution in [3.05, 3.63) is 59.2 Å². The number of rotatable bonds is 5. The number of hydrogen-bond acceptors (Lipinski definition) is 3. The lowest BCUT2D eigenvalue weighted by molar-refractivity contribution is -0.121. The number of carbonyl (C=O) groups is 2. The molecule has 0 fully saturated rings. The number of hydrogen-bond donors (Lipinski definition) is 0. The topological polar surface area (TPSA) is 49.9 Å². The molecule has 136 valence electrons. The van der Waals surface area contributed by atoms with Crippen molar-refractivity contribution >= 4 is 17.5 Å². The molecule has 5 heteroatoms. The van der Waals surface area contributed by atoms with E-state index in [1.54, 1.807) is 9.80 Å². The third-order valence-corrected chi connectivity index (χ3v) is 4.65. The van der Waals surface area contributed by atoms with Crippen LogP contribution in [-0.4, -0.2) is 36.4 Å². The maximum absolute atomic E-state index is 12.4. The van der Waals surface area contributed by atoms with Gasteiger partial charge in [0.2, 0.25) is 0 Å². The van der Waals surface area contributed by atoms with Crippen molar-refractivity contribution in [1.82, 2.24) is 4.90 Å². The lowest BCUT2D eigenvalue weighted by Crippen LogP contribution is -2.38.